The van der Waals surface area contributed by atoms with Gasteiger partial charge in [-0.15, -0.1) is 11.6 Å². The van der Waals surface area contributed by atoms with Gasteiger partial charge in [0.05, 0.1) is 5.56 Å². The molecule has 1 N–H and O–H groups in total. The van der Waals surface area contributed by atoms with Crippen LogP contribution in [0.2, 0.25) is 0 Å². The predicted octanol–water partition coefficient (Wildman–Crippen LogP) is 1.99. The molecule has 0 aliphatic carbocycles. The van der Waals surface area contributed by atoms with E-state index in [0.717, 1.165) is 5.69 Å². The van der Waals surface area contributed by atoms with E-state index in [0.29, 0.717) is 18.0 Å². The van der Waals surface area contributed by atoms with Gasteiger partial charge in [0.2, 0.25) is 0 Å². The molecule has 0 saturated heterocycles. The molecule has 1 aromatic heterocycles. The van der Waals surface area contributed by atoms with Crippen LogP contribution in [0.3, 0.4) is 0 Å². The van der Waals surface area contributed by atoms with E-state index in [9.17, 15) is 4.79 Å². The average molecular weight is 227 g/mol. The third kappa shape index (κ3) is 3.51. The maximum absolute atomic E-state index is 11.7. The molecule has 82 valence electrons. The molecule has 4 heteroatoms. The highest BCUT2D eigenvalue weighted by molar-refractivity contribution is 6.18. The van der Waals surface area contributed by atoms with Crippen molar-refractivity contribution in [1.82, 2.24) is 10.3 Å². The van der Waals surface area contributed by atoms with Gasteiger partial charge in [-0.3, -0.25) is 9.78 Å². The SMILES string of the molecule is Cc1ncccc1C(=O)NCC(C)CCl. The third-order valence-electron chi connectivity index (χ3n) is 2.13. The van der Waals surface area contributed by atoms with Crippen LogP contribution in [0.4, 0.5) is 0 Å². The fourth-order valence-electron chi connectivity index (χ4n) is 1.14. The monoisotopic (exact) mass is 226 g/mol. The Hall–Kier alpha value is -1.09. The van der Waals surface area contributed by atoms with Gasteiger partial charge in [0.25, 0.3) is 5.91 Å². The number of nitrogens with zero attached hydrogens (tertiary/aromatic N) is 1. The summed E-state index contributed by atoms with van der Waals surface area (Å²) in [5.74, 6) is 0.747. The summed E-state index contributed by atoms with van der Waals surface area (Å²) in [5.41, 5.74) is 1.37. The first-order valence-corrected chi connectivity index (χ1v) is 5.44. The average Bonchev–Trinajstić information content (AvgIpc) is 2.26. The van der Waals surface area contributed by atoms with Crippen LogP contribution in [-0.2, 0) is 0 Å². The van der Waals surface area contributed by atoms with Crippen molar-refractivity contribution in [1.29, 1.82) is 0 Å². The molecular formula is C11H15ClN2O. The molecule has 0 radical (unpaired) electrons. The van der Waals surface area contributed by atoms with Gasteiger partial charge in [-0.1, -0.05) is 6.92 Å². The first-order chi connectivity index (χ1) is 7.15. The summed E-state index contributed by atoms with van der Waals surface area (Å²) in [4.78, 5) is 15.8. The highest BCUT2D eigenvalue weighted by atomic mass is 35.5. The first-order valence-electron chi connectivity index (χ1n) is 4.91. The minimum absolute atomic E-state index is 0.0856. The van der Waals surface area contributed by atoms with E-state index >= 15 is 0 Å². The van der Waals surface area contributed by atoms with E-state index < -0.39 is 0 Å². The summed E-state index contributed by atoms with van der Waals surface area (Å²) in [6, 6.07) is 3.52. The van der Waals surface area contributed by atoms with Crippen molar-refractivity contribution in [3.63, 3.8) is 0 Å². The van der Waals surface area contributed by atoms with Crippen molar-refractivity contribution >= 4 is 17.5 Å². The summed E-state index contributed by atoms with van der Waals surface area (Å²) < 4.78 is 0. The van der Waals surface area contributed by atoms with Gasteiger partial charge in [-0.2, -0.15) is 0 Å². The van der Waals surface area contributed by atoms with Crippen LogP contribution in [0.15, 0.2) is 18.3 Å². The topological polar surface area (TPSA) is 42.0 Å². The van der Waals surface area contributed by atoms with E-state index in [1.54, 1.807) is 18.3 Å². The second-order valence-corrected chi connectivity index (χ2v) is 3.91. The number of pyridine rings is 1. The van der Waals surface area contributed by atoms with E-state index in [1.165, 1.54) is 0 Å². The van der Waals surface area contributed by atoms with Crippen LogP contribution in [0, 0.1) is 12.8 Å². The second kappa shape index (κ2) is 5.71. The van der Waals surface area contributed by atoms with E-state index in [4.69, 9.17) is 11.6 Å². The summed E-state index contributed by atoms with van der Waals surface area (Å²) in [5, 5.41) is 2.83. The van der Waals surface area contributed by atoms with Crippen molar-refractivity contribution in [3.8, 4) is 0 Å². The first kappa shape index (κ1) is 12.0. The predicted molar refractivity (Wildman–Crippen MR) is 61.2 cm³/mol. The lowest BCUT2D eigenvalue weighted by molar-refractivity contribution is 0.0948. The number of carbonyl (C=O) groups excluding carboxylic acids is 1. The zero-order valence-electron chi connectivity index (χ0n) is 8.96. The lowest BCUT2D eigenvalue weighted by Crippen LogP contribution is -2.29. The Balaban J connectivity index is 2.58. The molecule has 1 aromatic rings. The van der Waals surface area contributed by atoms with Gasteiger partial charge in [0.1, 0.15) is 0 Å². The number of amides is 1. The molecule has 0 saturated carbocycles. The number of hydrogen-bond donors (Lipinski definition) is 1. The maximum Gasteiger partial charge on any atom is 0.253 e. The molecular weight excluding hydrogens is 212 g/mol. The molecule has 0 spiro atoms. The Kier molecular flexibility index (Phi) is 4.56. The Morgan fingerprint density at radius 1 is 1.67 bits per heavy atom. The summed E-state index contributed by atoms with van der Waals surface area (Å²) >= 11 is 5.65. The van der Waals surface area contributed by atoms with Crippen LogP contribution in [0.25, 0.3) is 0 Å². The van der Waals surface area contributed by atoms with Crippen molar-refractivity contribution < 1.29 is 4.79 Å². The third-order valence-corrected chi connectivity index (χ3v) is 2.65. The molecule has 1 rings (SSSR count). The Morgan fingerprint density at radius 2 is 2.40 bits per heavy atom. The Bertz CT molecular complexity index is 341. The standard InChI is InChI=1S/C11H15ClN2O/c1-8(6-12)7-14-11(15)10-4-3-5-13-9(10)2/h3-5,8H,6-7H2,1-2H3,(H,14,15). The van der Waals surface area contributed by atoms with Gasteiger partial charge < -0.3 is 5.32 Å². The summed E-state index contributed by atoms with van der Waals surface area (Å²) in [6.07, 6.45) is 1.67. The molecule has 3 nitrogen and oxygen atoms in total. The smallest absolute Gasteiger partial charge is 0.253 e. The van der Waals surface area contributed by atoms with Gasteiger partial charge in [-0.25, -0.2) is 0 Å². The lowest BCUT2D eigenvalue weighted by Gasteiger charge is -2.10. The number of rotatable bonds is 4. The highest BCUT2D eigenvalue weighted by Gasteiger charge is 2.09. The van der Waals surface area contributed by atoms with Crippen LogP contribution < -0.4 is 5.32 Å². The summed E-state index contributed by atoms with van der Waals surface area (Å²) in [6.45, 7) is 4.40. The van der Waals surface area contributed by atoms with Crippen LogP contribution in [-0.4, -0.2) is 23.3 Å². The Morgan fingerprint density at radius 3 is 3.00 bits per heavy atom. The van der Waals surface area contributed by atoms with Gasteiger partial charge in [0.15, 0.2) is 0 Å². The molecule has 15 heavy (non-hydrogen) atoms. The number of aromatic nitrogens is 1. The lowest BCUT2D eigenvalue weighted by atomic mass is 10.1. The van der Waals surface area contributed by atoms with Gasteiger partial charge in [-0.05, 0) is 25.0 Å². The minimum Gasteiger partial charge on any atom is -0.352 e. The van der Waals surface area contributed by atoms with Gasteiger partial charge in [0, 0.05) is 24.3 Å². The molecule has 1 amide bonds. The highest BCUT2D eigenvalue weighted by Crippen LogP contribution is 2.03. The van der Waals surface area contributed by atoms with Crippen LogP contribution in [0.5, 0.6) is 0 Å². The van der Waals surface area contributed by atoms with Crippen molar-refractivity contribution in [2.24, 2.45) is 5.92 Å². The number of halogens is 1. The zero-order valence-corrected chi connectivity index (χ0v) is 9.71. The zero-order chi connectivity index (χ0) is 11.3. The molecule has 1 heterocycles. The van der Waals surface area contributed by atoms with Crippen molar-refractivity contribution in [2.45, 2.75) is 13.8 Å². The molecule has 0 fully saturated rings. The van der Waals surface area contributed by atoms with E-state index in [2.05, 4.69) is 10.3 Å². The maximum atomic E-state index is 11.7. The number of nitrogens with one attached hydrogen (secondary N) is 1. The number of alkyl halides is 1. The fraction of sp³-hybridized carbons (Fsp3) is 0.455. The molecule has 1 unspecified atom stereocenters. The molecule has 0 aromatic carbocycles. The van der Waals surface area contributed by atoms with E-state index in [1.807, 2.05) is 13.8 Å². The molecule has 1 atom stereocenters. The normalized spacial score (nSPS) is 12.2. The fourth-order valence-corrected chi connectivity index (χ4v) is 1.25. The molecule has 0 aliphatic rings. The van der Waals surface area contributed by atoms with Crippen LogP contribution in [0.1, 0.15) is 23.0 Å². The van der Waals surface area contributed by atoms with E-state index in [-0.39, 0.29) is 11.8 Å². The quantitative estimate of drug-likeness (QED) is 0.798. The minimum atomic E-state index is -0.0856. The van der Waals surface area contributed by atoms with Crippen LogP contribution >= 0.6 is 11.6 Å². The van der Waals surface area contributed by atoms with Crippen molar-refractivity contribution in [3.05, 3.63) is 29.6 Å². The molecule has 0 bridgehead atoms. The number of aryl methyl sites for hydroxylation is 1. The van der Waals surface area contributed by atoms with Gasteiger partial charge >= 0.3 is 0 Å². The number of hydrogen-bond acceptors (Lipinski definition) is 2. The second-order valence-electron chi connectivity index (χ2n) is 3.61. The summed E-state index contributed by atoms with van der Waals surface area (Å²) in [7, 11) is 0. The largest absolute Gasteiger partial charge is 0.352 e. The Labute approximate surface area is 94.9 Å². The molecule has 0 aliphatic heterocycles. The number of carbonyl (C=O) groups is 1. The van der Waals surface area contributed by atoms with Crippen molar-refractivity contribution in [2.75, 3.05) is 12.4 Å².